The summed E-state index contributed by atoms with van der Waals surface area (Å²) in [6.07, 6.45) is 1.32. The van der Waals surface area contributed by atoms with E-state index in [1.54, 1.807) is 37.3 Å². The van der Waals surface area contributed by atoms with Crippen LogP contribution < -0.4 is 4.74 Å². The highest BCUT2D eigenvalue weighted by Crippen LogP contribution is 2.26. The van der Waals surface area contributed by atoms with E-state index in [-0.39, 0.29) is 24.1 Å². The molecule has 0 spiro atoms. The molecule has 6 nitrogen and oxygen atoms in total. The van der Waals surface area contributed by atoms with E-state index >= 15 is 0 Å². The highest BCUT2D eigenvalue weighted by atomic mass is 35.5. The predicted molar refractivity (Wildman–Crippen MR) is 123 cm³/mol. The van der Waals surface area contributed by atoms with E-state index in [0.29, 0.717) is 41.5 Å². The molecule has 1 amide bonds. The van der Waals surface area contributed by atoms with Crippen molar-refractivity contribution in [1.29, 1.82) is 0 Å². The molecule has 1 fully saturated rings. The Labute approximate surface area is 193 Å². The molecule has 2 aromatic rings. The molecule has 0 bridgehead atoms. The summed E-state index contributed by atoms with van der Waals surface area (Å²) in [4.78, 5) is 14.6. The Balaban J connectivity index is 1.63. The average molecular weight is 485 g/mol. The SMILES string of the molecule is COc1ccc(CN(C)C(=O)C2CCCN(S(=O)(=O)Cc3ccc(Cl)c(Cl)c3)C2)cc1. The van der Waals surface area contributed by atoms with Crippen molar-refractivity contribution in [3.63, 3.8) is 0 Å². The molecule has 1 saturated heterocycles. The minimum atomic E-state index is -3.58. The number of sulfonamides is 1. The third-order valence-electron chi connectivity index (χ3n) is 5.41. The zero-order chi connectivity index (χ0) is 22.6. The predicted octanol–water partition coefficient (Wildman–Crippen LogP) is 4.20. The number of hydrogen-bond donors (Lipinski definition) is 0. The molecule has 1 heterocycles. The van der Waals surface area contributed by atoms with Crippen molar-refractivity contribution in [2.24, 2.45) is 5.92 Å². The summed E-state index contributed by atoms with van der Waals surface area (Å²) in [7, 11) is -0.226. The Morgan fingerprint density at radius 2 is 1.81 bits per heavy atom. The number of amides is 1. The van der Waals surface area contributed by atoms with Gasteiger partial charge in [-0.3, -0.25) is 4.79 Å². The van der Waals surface area contributed by atoms with Crippen LogP contribution in [0, 0.1) is 5.92 Å². The number of methoxy groups -OCH3 is 1. The molecule has 2 aromatic carbocycles. The quantitative estimate of drug-likeness (QED) is 0.590. The van der Waals surface area contributed by atoms with Crippen LogP contribution in [-0.4, -0.2) is 50.8 Å². The van der Waals surface area contributed by atoms with Crippen LogP contribution in [0.5, 0.6) is 5.75 Å². The number of ether oxygens (including phenoxy) is 1. The third-order valence-corrected chi connectivity index (χ3v) is 7.97. The standard InChI is InChI=1S/C22H26Cl2N2O4S/c1-25(13-16-5-8-19(30-2)9-6-16)22(27)18-4-3-11-26(14-18)31(28,29)15-17-7-10-20(23)21(24)12-17/h5-10,12,18H,3-4,11,13-15H2,1-2H3. The highest BCUT2D eigenvalue weighted by molar-refractivity contribution is 7.88. The second-order valence-corrected chi connectivity index (χ2v) is 10.5. The number of halogens is 2. The van der Waals surface area contributed by atoms with Crippen molar-refractivity contribution in [1.82, 2.24) is 9.21 Å². The van der Waals surface area contributed by atoms with Gasteiger partial charge in [0.15, 0.2) is 0 Å². The van der Waals surface area contributed by atoms with Crippen LogP contribution in [0.15, 0.2) is 42.5 Å². The van der Waals surface area contributed by atoms with Gasteiger partial charge in [-0.05, 0) is 48.2 Å². The van der Waals surface area contributed by atoms with Gasteiger partial charge in [0, 0.05) is 26.7 Å². The van der Waals surface area contributed by atoms with Gasteiger partial charge < -0.3 is 9.64 Å². The van der Waals surface area contributed by atoms with Crippen molar-refractivity contribution in [2.45, 2.75) is 25.1 Å². The molecule has 3 rings (SSSR count). The maximum Gasteiger partial charge on any atom is 0.227 e. The number of carbonyl (C=O) groups excluding carboxylic acids is 1. The molecule has 1 atom stereocenters. The van der Waals surface area contributed by atoms with Gasteiger partial charge in [-0.1, -0.05) is 41.4 Å². The van der Waals surface area contributed by atoms with E-state index < -0.39 is 10.0 Å². The van der Waals surface area contributed by atoms with Crippen LogP contribution in [-0.2, 0) is 27.1 Å². The molecule has 0 aliphatic carbocycles. The molecule has 168 valence electrons. The first-order valence-electron chi connectivity index (χ1n) is 9.99. The summed E-state index contributed by atoms with van der Waals surface area (Å²) in [6.45, 7) is 1.06. The smallest absolute Gasteiger partial charge is 0.227 e. The summed E-state index contributed by atoms with van der Waals surface area (Å²) in [5.74, 6) is 0.172. The number of rotatable bonds is 7. The lowest BCUT2D eigenvalue weighted by Crippen LogP contribution is -2.46. The minimum absolute atomic E-state index is 0.0507. The fourth-order valence-electron chi connectivity index (χ4n) is 3.72. The maximum atomic E-state index is 13.0. The van der Waals surface area contributed by atoms with Crippen LogP contribution in [0.3, 0.4) is 0 Å². The Bertz CT molecular complexity index is 1030. The van der Waals surface area contributed by atoms with Crippen LogP contribution in [0.4, 0.5) is 0 Å². The maximum absolute atomic E-state index is 13.0. The first-order chi connectivity index (χ1) is 14.7. The zero-order valence-electron chi connectivity index (χ0n) is 17.6. The van der Waals surface area contributed by atoms with Gasteiger partial charge in [0.25, 0.3) is 0 Å². The molecule has 31 heavy (non-hydrogen) atoms. The van der Waals surface area contributed by atoms with E-state index in [9.17, 15) is 13.2 Å². The van der Waals surface area contributed by atoms with Crippen LogP contribution in [0.1, 0.15) is 24.0 Å². The molecular weight excluding hydrogens is 459 g/mol. The van der Waals surface area contributed by atoms with Gasteiger partial charge in [-0.15, -0.1) is 0 Å². The molecule has 9 heteroatoms. The first-order valence-corrected chi connectivity index (χ1v) is 12.4. The Morgan fingerprint density at radius 1 is 1.13 bits per heavy atom. The summed E-state index contributed by atoms with van der Waals surface area (Å²) >= 11 is 11.9. The molecule has 1 aliphatic rings. The van der Waals surface area contributed by atoms with Gasteiger partial charge in [0.1, 0.15) is 5.75 Å². The van der Waals surface area contributed by atoms with Crippen molar-refractivity contribution < 1.29 is 17.9 Å². The van der Waals surface area contributed by atoms with Crippen molar-refractivity contribution in [3.8, 4) is 5.75 Å². The lowest BCUT2D eigenvalue weighted by atomic mass is 9.98. The van der Waals surface area contributed by atoms with E-state index in [4.69, 9.17) is 27.9 Å². The third kappa shape index (κ3) is 6.13. The number of piperidine rings is 1. The van der Waals surface area contributed by atoms with Crippen LogP contribution in [0.25, 0.3) is 0 Å². The van der Waals surface area contributed by atoms with Gasteiger partial charge in [0.2, 0.25) is 15.9 Å². The molecule has 0 N–H and O–H groups in total. The van der Waals surface area contributed by atoms with Crippen molar-refractivity contribution >= 4 is 39.1 Å². The van der Waals surface area contributed by atoms with Gasteiger partial charge in [0.05, 0.1) is 28.8 Å². The average Bonchev–Trinajstić information content (AvgIpc) is 2.76. The lowest BCUT2D eigenvalue weighted by Gasteiger charge is -2.33. The van der Waals surface area contributed by atoms with Gasteiger partial charge >= 0.3 is 0 Å². The summed E-state index contributed by atoms with van der Waals surface area (Å²) < 4.78 is 32.5. The number of benzene rings is 2. The Kier molecular flexibility index (Phi) is 7.86. The molecule has 0 aromatic heterocycles. The van der Waals surface area contributed by atoms with E-state index in [1.165, 1.54) is 4.31 Å². The summed E-state index contributed by atoms with van der Waals surface area (Å²) in [6, 6.07) is 12.3. The first kappa shape index (κ1) is 23.9. The fraction of sp³-hybridized carbons (Fsp3) is 0.409. The van der Waals surface area contributed by atoms with E-state index in [1.807, 2.05) is 24.3 Å². The highest BCUT2D eigenvalue weighted by Gasteiger charge is 2.33. The second kappa shape index (κ2) is 10.2. The van der Waals surface area contributed by atoms with E-state index in [0.717, 1.165) is 11.3 Å². The summed E-state index contributed by atoms with van der Waals surface area (Å²) in [5, 5.41) is 0.701. The number of nitrogens with zero attached hydrogens (tertiary/aromatic N) is 2. The zero-order valence-corrected chi connectivity index (χ0v) is 19.9. The minimum Gasteiger partial charge on any atom is -0.497 e. The van der Waals surface area contributed by atoms with Gasteiger partial charge in [-0.25, -0.2) is 12.7 Å². The fourth-order valence-corrected chi connectivity index (χ4v) is 5.64. The topological polar surface area (TPSA) is 66.9 Å². The molecular formula is C22H26Cl2N2O4S. The van der Waals surface area contributed by atoms with Crippen LogP contribution >= 0.6 is 23.2 Å². The van der Waals surface area contributed by atoms with Crippen LogP contribution in [0.2, 0.25) is 10.0 Å². The lowest BCUT2D eigenvalue weighted by molar-refractivity contribution is -0.135. The normalized spacial score (nSPS) is 17.4. The number of hydrogen-bond acceptors (Lipinski definition) is 4. The van der Waals surface area contributed by atoms with E-state index in [2.05, 4.69) is 0 Å². The second-order valence-electron chi connectivity index (χ2n) is 7.74. The van der Waals surface area contributed by atoms with Crippen molar-refractivity contribution in [2.75, 3.05) is 27.2 Å². The van der Waals surface area contributed by atoms with Gasteiger partial charge in [-0.2, -0.15) is 0 Å². The largest absolute Gasteiger partial charge is 0.497 e. The molecule has 0 radical (unpaired) electrons. The number of carbonyl (C=O) groups is 1. The molecule has 1 aliphatic heterocycles. The Hall–Kier alpha value is -1.80. The summed E-state index contributed by atoms with van der Waals surface area (Å²) in [5.41, 5.74) is 1.55. The molecule has 1 unspecified atom stereocenters. The Morgan fingerprint density at radius 3 is 2.45 bits per heavy atom. The van der Waals surface area contributed by atoms with Crippen molar-refractivity contribution in [3.05, 3.63) is 63.6 Å². The molecule has 0 saturated carbocycles. The monoisotopic (exact) mass is 484 g/mol.